The topological polar surface area (TPSA) is 87.0 Å². The number of rotatable bonds is 15. The van der Waals surface area contributed by atoms with Crippen LogP contribution in [-0.4, -0.2) is 21.3 Å². The van der Waals surface area contributed by atoms with Crippen LogP contribution < -0.4 is 4.74 Å². The minimum Gasteiger partial charge on any atom is -0.508 e. The minimum atomic E-state index is -0.491. The van der Waals surface area contributed by atoms with E-state index in [0.717, 1.165) is 31.4 Å². The number of ether oxygens (including phenoxy) is 1. The van der Waals surface area contributed by atoms with Gasteiger partial charge in [-0.15, -0.1) is 0 Å². The largest absolute Gasteiger partial charge is 0.508 e. The predicted molar refractivity (Wildman–Crippen MR) is 107 cm³/mol. The highest BCUT2D eigenvalue weighted by Crippen LogP contribution is 2.39. The second-order valence-electron chi connectivity index (χ2n) is 7.28. The third kappa shape index (κ3) is 10.7. The van der Waals surface area contributed by atoms with Crippen LogP contribution in [0.1, 0.15) is 96.8 Å². The molecule has 1 aromatic carbocycles. The first-order valence-electron chi connectivity index (χ1n) is 10.5. The van der Waals surface area contributed by atoms with Crippen LogP contribution in [0.3, 0.4) is 0 Å². The van der Waals surface area contributed by atoms with Crippen molar-refractivity contribution in [1.29, 1.82) is 0 Å². The van der Waals surface area contributed by atoms with Crippen LogP contribution in [0.4, 0.5) is 0 Å². The molecule has 5 nitrogen and oxygen atoms in total. The molecule has 154 valence electrons. The maximum atomic E-state index is 11.8. The molecule has 0 unspecified atom stereocenters. The fraction of sp³-hybridized carbons (Fsp3) is 0.682. The molecule has 0 aliphatic heterocycles. The van der Waals surface area contributed by atoms with Gasteiger partial charge in [-0.3, -0.25) is 4.79 Å². The van der Waals surface area contributed by atoms with E-state index in [0.29, 0.717) is 0 Å². The summed E-state index contributed by atoms with van der Waals surface area (Å²) in [6, 6.07) is 2.04. The number of unbranched alkanes of at least 4 members (excludes halogenated alkanes) is 12. The lowest BCUT2D eigenvalue weighted by atomic mass is 10.0. The Morgan fingerprint density at radius 2 is 1.15 bits per heavy atom. The summed E-state index contributed by atoms with van der Waals surface area (Å²) >= 11 is 0. The van der Waals surface area contributed by atoms with Crippen molar-refractivity contribution in [2.45, 2.75) is 96.8 Å². The molecule has 0 saturated carbocycles. The maximum absolute atomic E-state index is 11.8. The standard InChI is InChI=1S/C22H36O5/c1-2-3-4-5-6-7-8-9-10-11-12-13-14-15-21(26)27-22-19(24)16-18(23)17-20(22)25/h16-17,23-25H,2-15H2,1H3. The van der Waals surface area contributed by atoms with E-state index in [9.17, 15) is 20.1 Å². The van der Waals surface area contributed by atoms with Crippen LogP contribution in [0.25, 0.3) is 0 Å². The molecule has 1 rings (SSSR count). The molecular weight excluding hydrogens is 344 g/mol. The average molecular weight is 381 g/mol. The molecule has 3 N–H and O–H groups in total. The van der Waals surface area contributed by atoms with E-state index in [1.807, 2.05) is 0 Å². The first-order valence-corrected chi connectivity index (χ1v) is 10.5. The van der Waals surface area contributed by atoms with E-state index in [4.69, 9.17) is 4.74 Å². The number of carbonyl (C=O) groups is 1. The van der Waals surface area contributed by atoms with E-state index in [1.165, 1.54) is 64.2 Å². The summed E-state index contributed by atoms with van der Waals surface area (Å²) in [5.41, 5.74) is 0. The van der Waals surface area contributed by atoms with Crippen molar-refractivity contribution in [2.75, 3.05) is 0 Å². The quantitative estimate of drug-likeness (QED) is 0.192. The molecule has 0 saturated heterocycles. The number of esters is 1. The van der Waals surface area contributed by atoms with Gasteiger partial charge in [0.25, 0.3) is 0 Å². The Hall–Kier alpha value is -1.91. The number of aromatic hydroxyl groups is 3. The first-order chi connectivity index (χ1) is 13.0. The van der Waals surface area contributed by atoms with Crippen LogP contribution in [0.15, 0.2) is 12.1 Å². The zero-order valence-electron chi connectivity index (χ0n) is 16.7. The van der Waals surface area contributed by atoms with Crippen molar-refractivity contribution < 1.29 is 24.9 Å². The monoisotopic (exact) mass is 380 g/mol. The summed E-state index contributed by atoms with van der Waals surface area (Å²) in [6.07, 6.45) is 16.3. The molecular formula is C22H36O5. The second kappa shape index (κ2) is 14.2. The number of carbonyl (C=O) groups excluding carboxylic acids is 1. The molecule has 0 spiro atoms. The van der Waals surface area contributed by atoms with E-state index in [1.54, 1.807) is 0 Å². The van der Waals surface area contributed by atoms with Crippen LogP contribution in [0.2, 0.25) is 0 Å². The molecule has 0 bridgehead atoms. The van der Waals surface area contributed by atoms with Crippen molar-refractivity contribution >= 4 is 5.97 Å². The Bertz CT molecular complexity index is 518. The van der Waals surface area contributed by atoms with Gasteiger partial charge in [0.1, 0.15) is 5.75 Å². The number of benzene rings is 1. The van der Waals surface area contributed by atoms with Gasteiger partial charge in [0.15, 0.2) is 11.5 Å². The van der Waals surface area contributed by atoms with Crippen LogP contribution in [0, 0.1) is 0 Å². The van der Waals surface area contributed by atoms with Crippen LogP contribution >= 0.6 is 0 Å². The average Bonchev–Trinajstić information content (AvgIpc) is 2.62. The van der Waals surface area contributed by atoms with Gasteiger partial charge in [-0.25, -0.2) is 0 Å². The van der Waals surface area contributed by atoms with Gasteiger partial charge in [0.2, 0.25) is 5.75 Å². The van der Waals surface area contributed by atoms with Gasteiger partial charge in [-0.1, -0.05) is 84.0 Å². The molecule has 0 heterocycles. The lowest BCUT2D eigenvalue weighted by Crippen LogP contribution is -2.07. The lowest BCUT2D eigenvalue weighted by Gasteiger charge is -2.08. The Morgan fingerprint density at radius 1 is 0.741 bits per heavy atom. The Balaban J connectivity index is 1.99. The van der Waals surface area contributed by atoms with Crippen molar-refractivity contribution in [1.82, 2.24) is 0 Å². The Labute approximate surface area is 163 Å². The second-order valence-corrected chi connectivity index (χ2v) is 7.28. The SMILES string of the molecule is CCCCCCCCCCCCCCCC(=O)Oc1c(O)cc(O)cc1O. The molecule has 0 aromatic heterocycles. The number of hydrogen-bond donors (Lipinski definition) is 3. The molecule has 0 radical (unpaired) electrons. The highest BCUT2D eigenvalue weighted by molar-refractivity contribution is 5.74. The van der Waals surface area contributed by atoms with E-state index < -0.39 is 17.5 Å². The molecule has 0 fully saturated rings. The predicted octanol–water partition coefficient (Wildman–Crippen LogP) is 6.19. The summed E-state index contributed by atoms with van der Waals surface area (Å²) in [7, 11) is 0. The van der Waals surface area contributed by atoms with Gasteiger partial charge < -0.3 is 20.1 Å². The number of phenolic OH excluding ortho intramolecular Hbond substituents is 3. The van der Waals surface area contributed by atoms with Gasteiger partial charge in [0, 0.05) is 18.6 Å². The van der Waals surface area contributed by atoms with Gasteiger partial charge in [-0.05, 0) is 6.42 Å². The third-order valence-electron chi connectivity index (χ3n) is 4.73. The fourth-order valence-corrected chi connectivity index (χ4v) is 3.14. The van der Waals surface area contributed by atoms with Crippen molar-refractivity contribution in [3.05, 3.63) is 12.1 Å². The molecule has 0 aliphatic carbocycles. The highest BCUT2D eigenvalue weighted by atomic mass is 16.5. The smallest absolute Gasteiger partial charge is 0.311 e. The van der Waals surface area contributed by atoms with Gasteiger partial charge >= 0.3 is 5.97 Å². The molecule has 0 amide bonds. The molecule has 5 heteroatoms. The van der Waals surface area contributed by atoms with Crippen LogP contribution in [-0.2, 0) is 4.79 Å². The van der Waals surface area contributed by atoms with Crippen LogP contribution in [0.5, 0.6) is 23.0 Å². The summed E-state index contributed by atoms with van der Waals surface area (Å²) in [5.74, 6) is -1.99. The van der Waals surface area contributed by atoms with Crippen molar-refractivity contribution in [2.24, 2.45) is 0 Å². The number of phenols is 3. The zero-order chi connectivity index (χ0) is 19.9. The minimum absolute atomic E-state index is 0.248. The summed E-state index contributed by atoms with van der Waals surface area (Å²) in [4.78, 5) is 11.8. The molecule has 27 heavy (non-hydrogen) atoms. The Kier molecular flexibility index (Phi) is 12.2. The number of hydrogen-bond acceptors (Lipinski definition) is 5. The van der Waals surface area contributed by atoms with E-state index in [2.05, 4.69) is 6.92 Å². The normalized spacial score (nSPS) is 10.9. The van der Waals surface area contributed by atoms with E-state index >= 15 is 0 Å². The lowest BCUT2D eigenvalue weighted by molar-refractivity contribution is -0.134. The maximum Gasteiger partial charge on any atom is 0.311 e. The van der Waals surface area contributed by atoms with Crippen molar-refractivity contribution in [3.63, 3.8) is 0 Å². The highest BCUT2D eigenvalue weighted by Gasteiger charge is 2.15. The summed E-state index contributed by atoms with van der Waals surface area (Å²) < 4.78 is 4.99. The van der Waals surface area contributed by atoms with Gasteiger partial charge in [-0.2, -0.15) is 0 Å². The zero-order valence-corrected chi connectivity index (χ0v) is 16.7. The molecule has 1 aromatic rings. The molecule has 0 atom stereocenters. The Morgan fingerprint density at radius 3 is 1.59 bits per heavy atom. The summed E-state index contributed by atoms with van der Waals surface area (Å²) in [6.45, 7) is 2.24. The summed E-state index contributed by atoms with van der Waals surface area (Å²) in [5, 5.41) is 28.4. The first kappa shape index (κ1) is 23.1. The molecule has 0 aliphatic rings. The fourth-order valence-electron chi connectivity index (χ4n) is 3.14. The third-order valence-corrected chi connectivity index (χ3v) is 4.73. The van der Waals surface area contributed by atoms with Crippen molar-refractivity contribution in [3.8, 4) is 23.0 Å². The van der Waals surface area contributed by atoms with E-state index in [-0.39, 0.29) is 17.9 Å². The van der Waals surface area contributed by atoms with Gasteiger partial charge in [0.05, 0.1) is 0 Å².